The Hall–Kier alpha value is 1.13. The van der Waals surface area contributed by atoms with E-state index < -0.39 is 20.2 Å². The Morgan fingerprint density at radius 1 is 0.583 bits per heavy atom. The molecule has 0 bridgehead atoms. The van der Waals surface area contributed by atoms with Crippen LogP contribution < -0.4 is 103 Å². The van der Waals surface area contributed by atoms with Crippen LogP contribution >= 0.6 is 0 Å². The molecule has 2 aromatic rings. The van der Waals surface area contributed by atoms with Crippen molar-refractivity contribution in [3.05, 3.63) is 48.5 Å². The number of azo groups is 1. The first-order valence-electron chi connectivity index (χ1n) is 5.70. The summed E-state index contributed by atoms with van der Waals surface area (Å²) in [6, 6.07) is 9.59. The van der Waals surface area contributed by atoms with Crippen LogP contribution in [0, 0.1) is 0 Å². The van der Waals surface area contributed by atoms with Crippen LogP contribution in [-0.2, 0) is 20.2 Å². The van der Waals surface area contributed by atoms with Gasteiger partial charge in [0.1, 0.15) is 20.2 Å². The molecule has 0 N–H and O–H groups in total. The quantitative estimate of drug-likeness (QED) is 0.281. The third kappa shape index (κ3) is 7.79. The van der Waals surface area contributed by atoms with E-state index in [0.717, 1.165) is 24.3 Å². The second-order valence-corrected chi connectivity index (χ2v) is 6.86. The third-order valence-electron chi connectivity index (χ3n) is 2.53. The van der Waals surface area contributed by atoms with Gasteiger partial charge in [0.25, 0.3) is 0 Å². The first-order chi connectivity index (χ1) is 10.2. The Bertz CT molecular complexity index is 834. The van der Waals surface area contributed by atoms with E-state index in [-0.39, 0.29) is 113 Å². The molecule has 8 nitrogen and oxygen atoms in total. The molecule has 0 spiro atoms. The molecule has 0 aliphatic rings. The molecular formula is C12H8K2N2O6S2. The summed E-state index contributed by atoms with van der Waals surface area (Å²) in [4.78, 5) is -0.757. The van der Waals surface area contributed by atoms with Crippen LogP contribution in [0.25, 0.3) is 0 Å². The first kappa shape index (κ1) is 25.1. The van der Waals surface area contributed by atoms with Crippen molar-refractivity contribution in [1.82, 2.24) is 0 Å². The average Bonchev–Trinajstić information content (AvgIpc) is 2.44. The molecule has 0 aliphatic carbocycles. The van der Waals surface area contributed by atoms with Gasteiger partial charge in [-0.3, -0.25) is 0 Å². The van der Waals surface area contributed by atoms with Gasteiger partial charge in [-0.1, -0.05) is 0 Å². The van der Waals surface area contributed by atoms with Gasteiger partial charge < -0.3 is 9.11 Å². The monoisotopic (exact) mass is 418 g/mol. The molecule has 0 heterocycles. The summed E-state index contributed by atoms with van der Waals surface area (Å²) < 4.78 is 64.5. The van der Waals surface area contributed by atoms with Crippen molar-refractivity contribution in [2.24, 2.45) is 10.2 Å². The molecule has 0 saturated carbocycles. The van der Waals surface area contributed by atoms with Gasteiger partial charge in [0.05, 0.1) is 21.2 Å². The molecule has 0 amide bonds. The summed E-state index contributed by atoms with van der Waals surface area (Å²) in [5, 5.41) is 7.58. The maximum Gasteiger partial charge on any atom is 1.00 e. The Morgan fingerprint density at radius 2 is 0.833 bits per heavy atom. The average molecular weight is 419 g/mol. The summed E-state index contributed by atoms with van der Waals surface area (Å²) >= 11 is 0. The molecule has 24 heavy (non-hydrogen) atoms. The zero-order chi connectivity index (χ0) is 16.4. The normalized spacial score (nSPS) is 11.6. The van der Waals surface area contributed by atoms with Gasteiger partial charge in [-0.05, 0) is 48.5 Å². The van der Waals surface area contributed by atoms with E-state index in [1.54, 1.807) is 0 Å². The summed E-state index contributed by atoms with van der Waals surface area (Å²) in [6.07, 6.45) is 0. The Balaban J connectivity index is 0.00000264. The summed E-state index contributed by atoms with van der Waals surface area (Å²) in [5.41, 5.74) is 0.598. The Labute approximate surface area is 224 Å². The van der Waals surface area contributed by atoms with Crippen molar-refractivity contribution in [3.8, 4) is 0 Å². The third-order valence-corrected chi connectivity index (χ3v) is 4.23. The number of nitrogens with zero attached hydrogens (tertiary/aromatic N) is 2. The molecule has 0 fully saturated rings. The fraction of sp³-hybridized carbons (Fsp3) is 0. The molecule has 0 radical (unpaired) electrons. The summed E-state index contributed by atoms with van der Waals surface area (Å²) in [7, 11) is -9.03. The zero-order valence-corrected chi connectivity index (χ0v) is 20.7. The van der Waals surface area contributed by atoms with Crippen LogP contribution in [0.15, 0.2) is 68.6 Å². The number of hydrogen-bond acceptors (Lipinski definition) is 8. The van der Waals surface area contributed by atoms with Crippen molar-refractivity contribution < 1.29 is 129 Å². The topological polar surface area (TPSA) is 139 Å². The minimum absolute atomic E-state index is 0. The van der Waals surface area contributed by atoms with Gasteiger partial charge in [0, 0.05) is 0 Å². The van der Waals surface area contributed by atoms with Crippen LogP contribution in [0.3, 0.4) is 0 Å². The van der Waals surface area contributed by atoms with Crippen LogP contribution in [0.2, 0.25) is 0 Å². The van der Waals surface area contributed by atoms with Crippen molar-refractivity contribution in [1.29, 1.82) is 0 Å². The Morgan fingerprint density at radius 3 is 1.04 bits per heavy atom. The SMILES string of the molecule is O=S(=O)([O-])c1ccc(N=Nc2ccc(S(=O)(=O)[O-])cc2)cc1.[K+].[K+]. The summed E-state index contributed by atoms with van der Waals surface area (Å²) in [6.45, 7) is 0. The predicted molar refractivity (Wildman–Crippen MR) is 73.0 cm³/mol. The van der Waals surface area contributed by atoms with Crippen molar-refractivity contribution >= 4 is 31.6 Å². The zero-order valence-electron chi connectivity index (χ0n) is 12.8. The maximum absolute atomic E-state index is 10.8. The molecule has 0 atom stereocenters. The van der Waals surface area contributed by atoms with Crippen molar-refractivity contribution in [3.63, 3.8) is 0 Å². The molecule has 0 unspecified atom stereocenters. The second-order valence-electron chi connectivity index (χ2n) is 4.10. The first-order valence-corrected chi connectivity index (χ1v) is 8.51. The fourth-order valence-corrected chi connectivity index (χ4v) is 2.41. The Kier molecular flexibility index (Phi) is 11.0. The van der Waals surface area contributed by atoms with Crippen LogP contribution in [-0.4, -0.2) is 25.9 Å². The molecule has 2 rings (SSSR count). The van der Waals surface area contributed by atoms with Gasteiger partial charge in [0.2, 0.25) is 0 Å². The minimum atomic E-state index is -4.51. The van der Waals surface area contributed by atoms with Gasteiger partial charge in [-0.15, -0.1) is 0 Å². The van der Waals surface area contributed by atoms with E-state index in [4.69, 9.17) is 0 Å². The summed E-state index contributed by atoms with van der Waals surface area (Å²) in [5.74, 6) is 0. The van der Waals surface area contributed by atoms with E-state index in [0.29, 0.717) is 11.4 Å². The van der Waals surface area contributed by atoms with Crippen LogP contribution in [0.4, 0.5) is 11.4 Å². The van der Waals surface area contributed by atoms with E-state index in [1.807, 2.05) is 0 Å². The van der Waals surface area contributed by atoms with E-state index >= 15 is 0 Å². The van der Waals surface area contributed by atoms with Crippen LogP contribution in [0.5, 0.6) is 0 Å². The largest absolute Gasteiger partial charge is 1.00 e. The van der Waals surface area contributed by atoms with Crippen LogP contribution in [0.1, 0.15) is 0 Å². The van der Waals surface area contributed by atoms with Crippen molar-refractivity contribution in [2.45, 2.75) is 9.79 Å². The molecule has 0 saturated heterocycles. The predicted octanol–water partition coefficient (Wildman–Crippen LogP) is -4.08. The second kappa shape index (κ2) is 10.5. The number of benzene rings is 2. The molecule has 2 aromatic carbocycles. The minimum Gasteiger partial charge on any atom is -0.744 e. The van der Waals surface area contributed by atoms with Crippen molar-refractivity contribution in [2.75, 3.05) is 0 Å². The molecule has 0 aromatic heterocycles. The fourth-order valence-electron chi connectivity index (χ4n) is 1.47. The standard InChI is InChI=1S/C12H10N2O6S2.2K/c15-21(16,17)11-5-1-9(2-6-11)13-14-10-3-7-12(8-4-10)22(18,19)20;;/h1-8H,(H,15,16,17)(H,18,19,20);;/q;2*+1/p-2. The molecule has 0 aliphatic heterocycles. The smallest absolute Gasteiger partial charge is 0.744 e. The maximum atomic E-state index is 10.8. The van der Waals surface area contributed by atoms with Gasteiger partial charge in [-0.25, -0.2) is 16.8 Å². The van der Waals surface area contributed by atoms with Gasteiger partial charge in [-0.2, -0.15) is 10.2 Å². The molecule has 12 heteroatoms. The van der Waals surface area contributed by atoms with Gasteiger partial charge in [0.15, 0.2) is 0 Å². The van der Waals surface area contributed by atoms with Gasteiger partial charge >= 0.3 is 103 Å². The van der Waals surface area contributed by atoms with E-state index in [9.17, 15) is 25.9 Å². The van der Waals surface area contributed by atoms with E-state index in [1.165, 1.54) is 24.3 Å². The molecular weight excluding hydrogens is 410 g/mol. The number of rotatable bonds is 4. The number of hydrogen-bond donors (Lipinski definition) is 0. The van der Waals surface area contributed by atoms with E-state index in [2.05, 4.69) is 10.2 Å². The molecule has 116 valence electrons.